The van der Waals surface area contributed by atoms with Gasteiger partial charge in [-0.3, -0.25) is 9.89 Å². The van der Waals surface area contributed by atoms with E-state index in [4.69, 9.17) is 26.8 Å². The molecule has 3 N–H and O–H groups in total. The number of rotatable bonds is 2. The van der Waals surface area contributed by atoms with E-state index in [0.717, 1.165) is 0 Å². The first kappa shape index (κ1) is 10.9. The lowest BCUT2D eigenvalue weighted by Crippen LogP contribution is -1.94. The second-order valence-electron chi connectivity index (χ2n) is 3.71. The summed E-state index contributed by atoms with van der Waals surface area (Å²) in [4.78, 5) is 11.0. The Labute approximate surface area is 107 Å². The Kier molecular flexibility index (Phi) is 2.38. The Bertz CT molecular complexity index is 639. The minimum atomic E-state index is 0.0487. The number of benzene rings is 1. The van der Waals surface area contributed by atoms with Gasteiger partial charge < -0.3 is 15.2 Å². The summed E-state index contributed by atoms with van der Waals surface area (Å²) in [6.45, 7) is 0.0487. The molecule has 0 saturated heterocycles. The van der Waals surface area contributed by atoms with Gasteiger partial charge in [-0.1, -0.05) is 11.6 Å². The number of H-pyrrole nitrogens is 1. The monoisotopic (exact) mass is 265 g/mol. The lowest BCUT2D eigenvalue weighted by molar-refractivity contribution is 0.111. The second kappa shape index (κ2) is 3.92. The fraction of sp³-hybridized carbons (Fsp3) is 0.0909. The standard InChI is InChI=1S/C11H8ClN3O3/c12-7-1-5(8-2-9(13)15-14-8)10-11(6(7)3-16)18-4-17-10/h1-3H,4H2,(H3,13,14,15). The molecular weight excluding hydrogens is 258 g/mol. The molecule has 1 aliphatic rings. The molecule has 1 aromatic heterocycles. The van der Waals surface area contributed by atoms with Gasteiger partial charge in [-0.15, -0.1) is 0 Å². The van der Waals surface area contributed by atoms with Crippen LogP contribution in [0.5, 0.6) is 11.5 Å². The van der Waals surface area contributed by atoms with Gasteiger partial charge in [0.15, 0.2) is 17.8 Å². The normalized spacial score (nSPS) is 12.7. The lowest BCUT2D eigenvalue weighted by Gasteiger charge is -2.07. The van der Waals surface area contributed by atoms with Crippen LogP contribution in [-0.4, -0.2) is 23.3 Å². The summed E-state index contributed by atoms with van der Waals surface area (Å²) in [5, 5.41) is 6.88. The molecule has 2 heterocycles. The van der Waals surface area contributed by atoms with E-state index < -0.39 is 0 Å². The molecule has 0 aliphatic carbocycles. The third-order valence-electron chi connectivity index (χ3n) is 2.64. The fourth-order valence-corrected chi connectivity index (χ4v) is 2.08. The zero-order valence-electron chi connectivity index (χ0n) is 9.07. The molecular formula is C11H8ClN3O3. The van der Waals surface area contributed by atoms with Crippen LogP contribution in [0.3, 0.4) is 0 Å². The van der Waals surface area contributed by atoms with E-state index in [9.17, 15) is 4.79 Å². The quantitative estimate of drug-likeness (QED) is 0.809. The van der Waals surface area contributed by atoms with E-state index in [0.29, 0.717) is 34.9 Å². The maximum absolute atomic E-state index is 11.0. The highest BCUT2D eigenvalue weighted by Crippen LogP contribution is 2.45. The maximum Gasteiger partial charge on any atom is 0.231 e. The van der Waals surface area contributed by atoms with E-state index in [2.05, 4.69) is 10.2 Å². The molecule has 1 aliphatic heterocycles. The van der Waals surface area contributed by atoms with Gasteiger partial charge in [0.2, 0.25) is 6.79 Å². The van der Waals surface area contributed by atoms with Crippen LogP contribution in [0.2, 0.25) is 5.02 Å². The highest BCUT2D eigenvalue weighted by molar-refractivity contribution is 6.33. The second-order valence-corrected chi connectivity index (χ2v) is 4.12. The summed E-state index contributed by atoms with van der Waals surface area (Å²) in [6.07, 6.45) is 0.640. The van der Waals surface area contributed by atoms with Gasteiger partial charge in [0.1, 0.15) is 5.82 Å². The Morgan fingerprint density at radius 2 is 2.17 bits per heavy atom. The predicted molar refractivity (Wildman–Crippen MR) is 65.0 cm³/mol. The highest BCUT2D eigenvalue weighted by atomic mass is 35.5. The Hall–Kier alpha value is -2.21. The van der Waals surface area contributed by atoms with Gasteiger partial charge in [0.05, 0.1) is 16.3 Å². The Balaban J connectivity index is 2.25. The number of halogens is 1. The number of anilines is 1. The van der Waals surface area contributed by atoms with Crippen molar-refractivity contribution in [1.29, 1.82) is 0 Å². The average molecular weight is 266 g/mol. The van der Waals surface area contributed by atoms with Gasteiger partial charge >= 0.3 is 0 Å². The molecule has 1 aromatic carbocycles. The number of nitrogen functional groups attached to an aromatic ring is 1. The summed E-state index contributed by atoms with van der Waals surface area (Å²) < 4.78 is 10.6. The van der Waals surface area contributed by atoms with Gasteiger partial charge in [-0.2, -0.15) is 5.10 Å². The van der Waals surface area contributed by atoms with Crippen LogP contribution in [0.4, 0.5) is 5.82 Å². The molecule has 92 valence electrons. The zero-order valence-corrected chi connectivity index (χ0v) is 9.82. The number of carbonyl (C=O) groups excluding carboxylic acids is 1. The van der Waals surface area contributed by atoms with E-state index >= 15 is 0 Å². The average Bonchev–Trinajstić information content (AvgIpc) is 2.97. The van der Waals surface area contributed by atoms with Crippen molar-refractivity contribution in [3.63, 3.8) is 0 Å². The number of ether oxygens (including phenoxy) is 2. The van der Waals surface area contributed by atoms with Crippen LogP contribution >= 0.6 is 11.6 Å². The van der Waals surface area contributed by atoms with Crippen LogP contribution in [0.25, 0.3) is 11.3 Å². The molecule has 0 amide bonds. The Morgan fingerprint density at radius 3 is 2.83 bits per heavy atom. The van der Waals surface area contributed by atoms with Crippen LogP contribution in [0.1, 0.15) is 10.4 Å². The van der Waals surface area contributed by atoms with Crippen molar-refractivity contribution in [1.82, 2.24) is 10.2 Å². The molecule has 0 spiro atoms. The highest BCUT2D eigenvalue weighted by Gasteiger charge is 2.25. The molecule has 0 unspecified atom stereocenters. The summed E-state index contributed by atoms with van der Waals surface area (Å²) in [5.41, 5.74) is 7.13. The number of carbonyl (C=O) groups is 1. The van der Waals surface area contributed by atoms with E-state index in [1.165, 1.54) is 0 Å². The number of aromatic amines is 1. The van der Waals surface area contributed by atoms with Crippen molar-refractivity contribution in [3.05, 3.63) is 22.7 Å². The van der Waals surface area contributed by atoms with Crippen molar-refractivity contribution in [2.75, 3.05) is 12.5 Å². The number of hydrogen-bond donors (Lipinski definition) is 2. The molecule has 0 radical (unpaired) electrons. The van der Waals surface area contributed by atoms with Crippen molar-refractivity contribution in [3.8, 4) is 22.8 Å². The molecule has 0 saturated carbocycles. The van der Waals surface area contributed by atoms with Crippen LogP contribution < -0.4 is 15.2 Å². The number of aromatic nitrogens is 2. The molecule has 0 bridgehead atoms. The summed E-state index contributed by atoms with van der Waals surface area (Å²) in [6, 6.07) is 3.26. The third-order valence-corrected chi connectivity index (χ3v) is 2.95. The number of fused-ring (bicyclic) bond motifs is 1. The number of aldehydes is 1. The van der Waals surface area contributed by atoms with E-state index in [1.54, 1.807) is 12.1 Å². The summed E-state index contributed by atoms with van der Waals surface area (Å²) >= 11 is 6.04. The van der Waals surface area contributed by atoms with Gasteiger partial charge in [0, 0.05) is 11.6 Å². The van der Waals surface area contributed by atoms with Crippen LogP contribution in [0.15, 0.2) is 12.1 Å². The van der Waals surface area contributed by atoms with E-state index in [-0.39, 0.29) is 17.4 Å². The topological polar surface area (TPSA) is 90.2 Å². The van der Waals surface area contributed by atoms with Crippen molar-refractivity contribution in [2.45, 2.75) is 0 Å². The Morgan fingerprint density at radius 1 is 1.39 bits per heavy atom. The van der Waals surface area contributed by atoms with Crippen molar-refractivity contribution >= 4 is 23.7 Å². The molecule has 18 heavy (non-hydrogen) atoms. The smallest absolute Gasteiger partial charge is 0.231 e. The number of hydrogen-bond acceptors (Lipinski definition) is 5. The fourth-order valence-electron chi connectivity index (χ4n) is 1.84. The van der Waals surface area contributed by atoms with Gasteiger partial charge in [0.25, 0.3) is 0 Å². The number of nitrogens with zero attached hydrogens (tertiary/aromatic N) is 1. The minimum Gasteiger partial charge on any atom is -0.453 e. The van der Waals surface area contributed by atoms with Crippen LogP contribution in [0, 0.1) is 0 Å². The first-order valence-corrected chi connectivity index (χ1v) is 5.47. The largest absolute Gasteiger partial charge is 0.453 e. The van der Waals surface area contributed by atoms with Crippen molar-refractivity contribution < 1.29 is 14.3 Å². The SMILES string of the molecule is Nc1cc(-c2cc(Cl)c(C=O)c3c2OCO3)[nH]n1. The summed E-state index contributed by atoms with van der Waals surface area (Å²) in [5.74, 6) is 1.17. The molecule has 0 fully saturated rings. The first-order chi connectivity index (χ1) is 8.70. The van der Waals surface area contributed by atoms with Gasteiger partial charge in [-0.05, 0) is 6.07 Å². The molecule has 6 nitrogen and oxygen atoms in total. The number of nitrogens with one attached hydrogen (secondary N) is 1. The van der Waals surface area contributed by atoms with Crippen LogP contribution in [-0.2, 0) is 0 Å². The zero-order chi connectivity index (χ0) is 12.7. The van der Waals surface area contributed by atoms with Crippen molar-refractivity contribution in [2.24, 2.45) is 0 Å². The van der Waals surface area contributed by atoms with Gasteiger partial charge in [-0.25, -0.2) is 0 Å². The minimum absolute atomic E-state index is 0.0487. The molecule has 0 atom stereocenters. The number of nitrogens with two attached hydrogens (primary N) is 1. The third kappa shape index (κ3) is 1.50. The summed E-state index contributed by atoms with van der Waals surface area (Å²) in [7, 11) is 0. The molecule has 2 aromatic rings. The lowest BCUT2D eigenvalue weighted by atomic mass is 10.1. The maximum atomic E-state index is 11.0. The van der Waals surface area contributed by atoms with E-state index in [1.807, 2.05) is 0 Å². The first-order valence-electron chi connectivity index (χ1n) is 5.09. The molecule has 3 rings (SSSR count). The predicted octanol–water partition coefficient (Wildman–Crippen LogP) is 1.85. The molecule has 7 heteroatoms.